The molecule has 0 bridgehead atoms. The molecule has 164 valence electrons. The molecule has 2 aliphatic rings. The molecule has 1 fully saturated rings. The van der Waals surface area contributed by atoms with E-state index in [1.54, 1.807) is 29.3 Å². The van der Waals surface area contributed by atoms with Gasteiger partial charge in [-0.15, -0.1) is 0 Å². The van der Waals surface area contributed by atoms with Gasteiger partial charge in [0.1, 0.15) is 17.8 Å². The maximum Gasteiger partial charge on any atom is 0.278 e. The van der Waals surface area contributed by atoms with Gasteiger partial charge in [0, 0.05) is 18.8 Å². The molecule has 32 heavy (non-hydrogen) atoms. The number of carbonyl (C=O) groups excluding carboxylic acids is 1. The van der Waals surface area contributed by atoms with E-state index in [-0.39, 0.29) is 18.8 Å². The predicted molar refractivity (Wildman–Crippen MR) is 111 cm³/mol. The second-order valence-electron chi connectivity index (χ2n) is 7.66. The van der Waals surface area contributed by atoms with E-state index in [0.717, 1.165) is 0 Å². The van der Waals surface area contributed by atoms with Crippen molar-refractivity contribution in [2.45, 2.75) is 12.2 Å². The van der Waals surface area contributed by atoms with E-state index in [1.165, 1.54) is 46.1 Å². The van der Waals surface area contributed by atoms with Gasteiger partial charge >= 0.3 is 0 Å². The van der Waals surface area contributed by atoms with Gasteiger partial charge in [0.25, 0.3) is 5.91 Å². The van der Waals surface area contributed by atoms with Gasteiger partial charge in [-0.05, 0) is 35.4 Å². The molecule has 1 atom stereocenters. The van der Waals surface area contributed by atoms with Crippen LogP contribution in [0.1, 0.15) is 27.7 Å². The van der Waals surface area contributed by atoms with Crippen molar-refractivity contribution in [3.63, 3.8) is 0 Å². The van der Waals surface area contributed by atoms with E-state index in [1.807, 2.05) is 0 Å². The highest BCUT2D eigenvalue weighted by Gasteiger charge is 2.44. The molecule has 1 N–H and O–H groups in total. The summed E-state index contributed by atoms with van der Waals surface area (Å²) in [6.45, 7) is 0.755. The zero-order valence-corrected chi connectivity index (χ0v) is 16.8. The second kappa shape index (κ2) is 7.76. The number of aromatic hydroxyl groups is 1. The predicted octanol–water partition coefficient (Wildman–Crippen LogP) is 2.37. The number of hydrogen-bond donors (Lipinski definition) is 1. The Kier molecular flexibility index (Phi) is 4.90. The van der Waals surface area contributed by atoms with Crippen molar-refractivity contribution in [3.8, 4) is 5.75 Å². The molecule has 1 saturated heterocycles. The lowest BCUT2D eigenvalue weighted by Gasteiger charge is -2.51. The molecule has 2 aliphatic heterocycles. The highest BCUT2D eigenvalue weighted by Crippen LogP contribution is 2.35. The maximum atomic E-state index is 13.7. The van der Waals surface area contributed by atoms with Crippen molar-refractivity contribution >= 4 is 5.91 Å². The molecule has 5 rings (SSSR count). The first kappa shape index (κ1) is 20.2. The summed E-state index contributed by atoms with van der Waals surface area (Å²) in [7, 11) is 0. The molecule has 3 heterocycles. The Morgan fingerprint density at radius 1 is 0.938 bits per heavy atom. The Balaban J connectivity index is 1.77. The van der Waals surface area contributed by atoms with Crippen LogP contribution >= 0.6 is 0 Å². The number of amides is 1. The number of morpholine rings is 1. The number of fused-ring (bicyclic) bond motifs is 2. The van der Waals surface area contributed by atoms with Crippen LogP contribution in [0.2, 0.25) is 0 Å². The molecule has 0 unspecified atom stereocenters. The van der Waals surface area contributed by atoms with Crippen LogP contribution in [0.25, 0.3) is 0 Å². The number of hydrogen-bond acceptors (Lipinski definition) is 5. The summed E-state index contributed by atoms with van der Waals surface area (Å²) in [4.78, 5) is 26.8. The van der Waals surface area contributed by atoms with Gasteiger partial charge < -0.3 is 14.7 Å². The van der Waals surface area contributed by atoms with E-state index in [4.69, 9.17) is 4.74 Å². The third kappa shape index (κ3) is 3.21. The summed E-state index contributed by atoms with van der Waals surface area (Å²) in [5.74, 6) is -1.96. The molecular formula is C23H19F2N3O4. The molecule has 1 aromatic heterocycles. The van der Waals surface area contributed by atoms with Crippen LogP contribution in [-0.4, -0.2) is 46.5 Å². The number of aromatic nitrogens is 1. The van der Waals surface area contributed by atoms with Crippen molar-refractivity contribution in [2.75, 3.05) is 24.8 Å². The molecule has 0 aliphatic carbocycles. The third-order valence-electron chi connectivity index (χ3n) is 5.81. The average Bonchev–Trinajstić information content (AvgIpc) is 2.80. The zero-order chi connectivity index (χ0) is 22.4. The third-order valence-corrected chi connectivity index (χ3v) is 5.81. The van der Waals surface area contributed by atoms with E-state index < -0.39 is 40.9 Å². The van der Waals surface area contributed by atoms with Gasteiger partial charge in [0.15, 0.2) is 11.4 Å². The summed E-state index contributed by atoms with van der Waals surface area (Å²) >= 11 is 0. The van der Waals surface area contributed by atoms with Crippen molar-refractivity contribution in [3.05, 3.63) is 99.5 Å². The lowest BCUT2D eigenvalue weighted by molar-refractivity contribution is -0.0197. The summed E-state index contributed by atoms with van der Waals surface area (Å²) in [5.41, 5.74) is 0.505. The topological polar surface area (TPSA) is 75.0 Å². The minimum Gasteiger partial charge on any atom is -0.502 e. The second-order valence-corrected chi connectivity index (χ2v) is 7.66. The van der Waals surface area contributed by atoms with Crippen LogP contribution < -0.4 is 10.4 Å². The fourth-order valence-electron chi connectivity index (χ4n) is 4.32. The summed E-state index contributed by atoms with van der Waals surface area (Å²) in [5, 5.41) is 12.3. The first-order valence-corrected chi connectivity index (χ1v) is 10.1. The minimum absolute atomic E-state index is 0.162. The Bertz CT molecular complexity index is 1180. The van der Waals surface area contributed by atoms with Gasteiger partial charge in [-0.25, -0.2) is 8.78 Å². The fraction of sp³-hybridized carbons (Fsp3) is 0.217. The number of ether oxygens (including phenoxy) is 1. The maximum absolute atomic E-state index is 13.7. The Morgan fingerprint density at radius 3 is 2.12 bits per heavy atom. The summed E-state index contributed by atoms with van der Waals surface area (Å²) < 4.78 is 34.5. The fourth-order valence-corrected chi connectivity index (χ4v) is 4.32. The average molecular weight is 439 g/mol. The van der Waals surface area contributed by atoms with Crippen LogP contribution in [0.3, 0.4) is 0 Å². The van der Waals surface area contributed by atoms with Gasteiger partial charge in [0.05, 0.1) is 19.3 Å². The lowest BCUT2D eigenvalue weighted by atomic mass is 9.96. The Labute approximate surface area is 181 Å². The standard InChI is InChI=1S/C23H19F2N3O4/c24-16-5-1-14(2-6-16)20(15-3-7-17(25)8-4-15)28-19-13-32-12-11-26(19)23(31)21-22(30)18(29)9-10-27(21)28/h1-10,19-20,30H,11-13H2/t19-/m1/s1. The van der Waals surface area contributed by atoms with Crippen LogP contribution in [0.4, 0.5) is 8.78 Å². The molecular weight excluding hydrogens is 420 g/mol. The van der Waals surface area contributed by atoms with Gasteiger partial charge in [-0.1, -0.05) is 24.3 Å². The molecule has 9 heteroatoms. The van der Waals surface area contributed by atoms with E-state index in [9.17, 15) is 23.5 Å². The van der Waals surface area contributed by atoms with Gasteiger partial charge in [-0.3, -0.25) is 19.3 Å². The van der Waals surface area contributed by atoms with Crippen molar-refractivity contribution in [1.29, 1.82) is 0 Å². The number of nitrogens with zero attached hydrogens (tertiary/aromatic N) is 3. The van der Waals surface area contributed by atoms with Crippen LogP contribution in [-0.2, 0) is 4.74 Å². The lowest BCUT2D eigenvalue weighted by Crippen LogP contribution is -2.66. The molecule has 2 aromatic carbocycles. The minimum atomic E-state index is -0.670. The molecule has 0 spiro atoms. The highest BCUT2D eigenvalue weighted by atomic mass is 19.1. The Hall–Kier alpha value is -3.72. The molecule has 0 radical (unpaired) electrons. The first-order valence-electron chi connectivity index (χ1n) is 10.1. The van der Waals surface area contributed by atoms with Gasteiger partial charge in [0.2, 0.25) is 5.43 Å². The summed E-state index contributed by atoms with van der Waals surface area (Å²) in [6.07, 6.45) is 0.840. The molecule has 0 saturated carbocycles. The number of rotatable bonds is 3. The van der Waals surface area contributed by atoms with Crippen molar-refractivity contribution in [1.82, 2.24) is 9.58 Å². The van der Waals surface area contributed by atoms with Crippen LogP contribution in [0.15, 0.2) is 65.6 Å². The number of pyridine rings is 1. The first-order chi connectivity index (χ1) is 15.5. The van der Waals surface area contributed by atoms with E-state index in [0.29, 0.717) is 17.7 Å². The van der Waals surface area contributed by atoms with Gasteiger partial charge in [-0.2, -0.15) is 0 Å². The highest BCUT2D eigenvalue weighted by molar-refractivity contribution is 5.96. The smallest absolute Gasteiger partial charge is 0.278 e. The normalized spacial score (nSPS) is 18.0. The van der Waals surface area contributed by atoms with E-state index in [2.05, 4.69) is 0 Å². The summed E-state index contributed by atoms with van der Waals surface area (Å²) in [6, 6.07) is 12.3. The number of carbonyl (C=O) groups is 1. The Morgan fingerprint density at radius 2 is 1.53 bits per heavy atom. The zero-order valence-electron chi connectivity index (χ0n) is 16.8. The van der Waals surface area contributed by atoms with Crippen molar-refractivity contribution < 1.29 is 23.4 Å². The molecule has 7 nitrogen and oxygen atoms in total. The van der Waals surface area contributed by atoms with Crippen LogP contribution in [0.5, 0.6) is 5.75 Å². The van der Waals surface area contributed by atoms with Crippen LogP contribution in [0, 0.1) is 11.6 Å². The number of benzene rings is 2. The number of halogens is 2. The molecule has 3 aromatic rings. The quantitative estimate of drug-likeness (QED) is 0.678. The monoisotopic (exact) mass is 439 g/mol. The molecule has 1 amide bonds. The largest absolute Gasteiger partial charge is 0.502 e. The SMILES string of the molecule is O=C1c2c(O)c(=O)ccn2N(C(c2ccc(F)cc2)c2ccc(F)cc2)[C@@H]2COCCN12. The van der Waals surface area contributed by atoms with Crippen molar-refractivity contribution in [2.24, 2.45) is 0 Å². The van der Waals surface area contributed by atoms with E-state index >= 15 is 0 Å².